The maximum absolute atomic E-state index is 13.7. The number of thiophene rings is 1. The van der Waals surface area contributed by atoms with E-state index in [4.69, 9.17) is 0 Å². The number of hydrogen-bond acceptors (Lipinski definition) is 7. The van der Waals surface area contributed by atoms with Gasteiger partial charge in [-0.15, -0.1) is 11.3 Å². The number of amides is 2. The molecule has 0 atom stereocenters. The first-order chi connectivity index (χ1) is 18.3. The molecule has 3 heterocycles. The summed E-state index contributed by atoms with van der Waals surface area (Å²) in [6.45, 7) is 1.75. The summed E-state index contributed by atoms with van der Waals surface area (Å²) in [7, 11) is -3.73. The Kier molecular flexibility index (Phi) is 7.44. The van der Waals surface area contributed by atoms with Crippen molar-refractivity contribution < 1.29 is 18.0 Å². The van der Waals surface area contributed by atoms with E-state index >= 15 is 0 Å². The highest BCUT2D eigenvalue weighted by molar-refractivity contribution is 7.89. The standard InChI is InChI=1S/C28H28N4O4S2/c1-38(35,36)31-27(33)26-25-23(18-37-26)24(29-16-19-8-4-2-5-9-19)22(17-30-25)28(34)32-14-12-21(13-15-32)20-10-6-3-7-11-20/h2-11,17-18,21,29H,12-16H2,1H3,(H,31,33). The molecule has 8 nitrogen and oxygen atoms in total. The third kappa shape index (κ3) is 5.71. The molecule has 1 saturated heterocycles. The molecule has 2 aromatic carbocycles. The molecule has 2 amide bonds. The Labute approximate surface area is 225 Å². The summed E-state index contributed by atoms with van der Waals surface area (Å²) in [5, 5.41) is 5.74. The van der Waals surface area contributed by atoms with Gasteiger partial charge in [0.2, 0.25) is 10.0 Å². The van der Waals surface area contributed by atoms with Crippen LogP contribution in [0.2, 0.25) is 0 Å². The monoisotopic (exact) mass is 548 g/mol. The Morgan fingerprint density at radius 3 is 2.34 bits per heavy atom. The first-order valence-electron chi connectivity index (χ1n) is 12.3. The highest BCUT2D eigenvalue weighted by Crippen LogP contribution is 2.35. The van der Waals surface area contributed by atoms with E-state index in [1.165, 1.54) is 11.8 Å². The number of piperidine rings is 1. The fourth-order valence-electron chi connectivity index (χ4n) is 4.82. The summed E-state index contributed by atoms with van der Waals surface area (Å²) in [4.78, 5) is 32.9. The van der Waals surface area contributed by atoms with E-state index in [0.717, 1.165) is 36.0 Å². The van der Waals surface area contributed by atoms with Crippen molar-refractivity contribution in [2.45, 2.75) is 25.3 Å². The Balaban J connectivity index is 1.44. The van der Waals surface area contributed by atoms with Gasteiger partial charge < -0.3 is 10.2 Å². The van der Waals surface area contributed by atoms with Crippen LogP contribution in [0.3, 0.4) is 0 Å². The Morgan fingerprint density at radius 1 is 1.03 bits per heavy atom. The lowest BCUT2D eigenvalue weighted by Crippen LogP contribution is -2.38. The van der Waals surface area contributed by atoms with Crippen molar-refractivity contribution in [3.05, 3.63) is 93.8 Å². The summed E-state index contributed by atoms with van der Waals surface area (Å²) < 4.78 is 25.2. The molecule has 4 aromatic rings. The molecule has 0 saturated carbocycles. The third-order valence-corrected chi connectivity index (χ3v) is 8.23. The van der Waals surface area contributed by atoms with Gasteiger partial charge >= 0.3 is 0 Å². The lowest BCUT2D eigenvalue weighted by molar-refractivity contribution is 0.0713. The quantitative estimate of drug-likeness (QED) is 0.349. The van der Waals surface area contributed by atoms with Gasteiger partial charge in [-0.25, -0.2) is 13.1 Å². The number of nitrogens with zero attached hydrogens (tertiary/aromatic N) is 2. The van der Waals surface area contributed by atoms with Gasteiger partial charge in [0, 0.05) is 36.6 Å². The molecule has 0 spiro atoms. The van der Waals surface area contributed by atoms with E-state index < -0.39 is 15.9 Å². The summed E-state index contributed by atoms with van der Waals surface area (Å²) >= 11 is 1.10. The lowest BCUT2D eigenvalue weighted by atomic mass is 9.89. The second-order valence-electron chi connectivity index (χ2n) is 9.39. The van der Waals surface area contributed by atoms with Crippen LogP contribution in [0, 0.1) is 0 Å². The van der Waals surface area contributed by atoms with Crippen LogP contribution in [-0.2, 0) is 16.6 Å². The van der Waals surface area contributed by atoms with Crippen molar-refractivity contribution in [3.8, 4) is 0 Å². The van der Waals surface area contributed by atoms with Gasteiger partial charge in [0.25, 0.3) is 11.8 Å². The number of carbonyl (C=O) groups excluding carboxylic acids is 2. The van der Waals surface area contributed by atoms with Gasteiger partial charge in [-0.05, 0) is 29.9 Å². The van der Waals surface area contributed by atoms with Gasteiger partial charge in [-0.2, -0.15) is 0 Å². The molecular weight excluding hydrogens is 520 g/mol. The van der Waals surface area contributed by atoms with Crippen LogP contribution in [-0.4, -0.2) is 49.5 Å². The number of sulfonamides is 1. The normalized spacial score (nSPS) is 14.4. The molecule has 38 heavy (non-hydrogen) atoms. The first kappa shape index (κ1) is 25.9. The van der Waals surface area contributed by atoms with E-state index in [0.29, 0.717) is 47.7 Å². The fraction of sp³-hybridized carbons (Fsp3) is 0.250. The SMILES string of the molecule is CS(=O)(=O)NC(=O)c1scc2c(NCc3ccccc3)c(C(=O)N3CCC(c4ccccc4)CC3)cnc12. The molecule has 2 N–H and O–H groups in total. The van der Waals surface area contributed by atoms with Crippen molar-refractivity contribution in [2.24, 2.45) is 0 Å². The minimum Gasteiger partial charge on any atom is -0.380 e. The maximum atomic E-state index is 13.7. The molecule has 2 aromatic heterocycles. The molecule has 1 fully saturated rings. The highest BCUT2D eigenvalue weighted by Gasteiger charge is 2.28. The molecule has 0 unspecified atom stereocenters. The number of fused-ring (bicyclic) bond motifs is 1. The Morgan fingerprint density at radius 2 is 1.68 bits per heavy atom. The minimum atomic E-state index is -3.73. The van der Waals surface area contributed by atoms with Crippen LogP contribution >= 0.6 is 11.3 Å². The topological polar surface area (TPSA) is 108 Å². The van der Waals surface area contributed by atoms with Crippen LogP contribution in [0.5, 0.6) is 0 Å². The smallest absolute Gasteiger partial charge is 0.277 e. The summed E-state index contributed by atoms with van der Waals surface area (Å²) in [6, 6.07) is 20.2. The highest BCUT2D eigenvalue weighted by atomic mass is 32.2. The third-order valence-electron chi connectivity index (χ3n) is 6.71. The zero-order chi connectivity index (χ0) is 26.7. The molecule has 1 aliphatic heterocycles. The lowest BCUT2D eigenvalue weighted by Gasteiger charge is -2.32. The van der Waals surface area contributed by atoms with E-state index in [1.54, 1.807) is 5.38 Å². The Hall–Kier alpha value is -3.76. The van der Waals surface area contributed by atoms with Crippen LogP contribution in [0.1, 0.15) is 49.9 Å². The van der Waals surface area contributed by atoms with Crippen molar-refractivity contribution >= 4 is 49.8 Å². The second-order valence-corrected chi connectivity index (χ2v) is 12.0. The second kappa shape index (κ2) is 10.9. The van der Waals surface area contributed by atoms with Crippen LogP contribution in [0.15, 0.2) is 72.2 Å². The first-order valence-corrected chi connectivity index (χ1v) is 15.1. The Bertz CT molecular complexity index is 1560. The number of aromatic nitrogens is 1. The molecule has 1 aliphatic rings. The molecule has 196 valence electrons. The number of pyridine rings is 1. The number of benzene rings is 2. The molecular formula is C28H28N4O4S2. The van der Waals surface area contributed by atoms with Crippen LogP contribution in [0.4, 0.5) is 5.69 Å². The number of nitrogens with one attached hydrogen (secondary N) is 2. The molecule has 10 heteroatoms. The molecule has 0 radical (unpaired) electrons. The fourth-order valence-corrected chi connectivity index (χ4v) is 6.22. The summed E-state index contributed by atoms with van der Waals surface area (Å²) in [5.74, 6) is -0.435. The number of hydrogen-bond donors (Lipinski definition) is 2. The minimum absolute atomic E-state index is 0.116. The van der Waals surface area contributed by atoms with Gasteiger partial charge in [0.05, 0.1) is 23.0 Å². The average Bonchev–Trinajstić information content (AvgIpc) is 3.36. The number of likely N-dealkylation sites (tertiary alicyclic amines) is 1. The van der Waals surface area contributed by atoms with E-state index in [1.807, 2.05) is 58.2 Å². The van der Waals surface area contributed by atoms with Crippen molar-refractivity contribution in [1.82, 2.24) is 14.6 Å². The van der Waals surface area contributed by atoms with Crippen molar-refractivity contribution in [1.29, 1.82) is 0 Å². The van der Waals surface area contributed by atoms with Crippen LogP contribution < -0.4 is 10.0 Å². The van der Waals surface area contributed by atoms with Crippen molar-refractivity contribution in [3.63, 3.8) is 0 Å². The molecule has 0 bridgehead atoms. The molecule has 0 aliphatic carbocycles. The zero-order valence-electron chi connectivity index (χ0n) is 20.9. The van der Waals surface area contributed by atoms with Gasteiger partial charge in [-0.1, -0.05) is 60.7 Å². The number of anilines is 1. The van der Waals surface area contributed by atoms with E-state index in [9.17, 15) is 18.0 Å². The number of rotatable bonds is 7. The van der Waals surface area contributed by atoms with Gasteiger partial charge in [0.15, 0.2) is 0 Å². The molecule has 5 rings (SSSR count). The number of carbonyl (C=O) groups is 2. The summed E-state index contributed by atoms with van der Waals surface area (Å²) in [6.07, 6.45) is 4.18. The summed E-state index contributed by atoms with van der Waals surface area (Å²) in [5.41, 5.74) is 3.70. The predicted octanol–water partition coefficient (Wildman–Crippen LogP) is 4.62. The average molecular weight is 549 g/mol. The zero-order valence-corrected chi connectivity index (χ0v) is 22.5. The van der Waals surface area contributed by atoms with E-state index in [-0.39, 0.29) is 10.8 Å². The maximum Gasteiger partial charge on any atom is 0.277 e. The predicted molar refractivity (Wildman–Crippen MR) is 150 cm³/mol. The van der Waals surface area contributed by atoms with Gasteiger partial charge in [-0.3, -0.25) is 14.6 Å². The van der Waals surface area contributed by atoms with E-state index in [2.05, 4.69) is 22.4 Å². The largest absolute Gasteiger partial charge is 0.380 e. The van der Waals surface area contributed by atoms with Gasteiger partial charge in [0.1, 0.15) is 4.88 Å². The van der Waals surface area contributed by atoms with Crippen molar-refractivity contribution in [2.75, 3.05) is 24.7 Å². The van der Waals surface area contributed by atoms with Crippen LogP contribution in [0.25, 0.3) is 10.9 Å².